The van der Waals surface area contributed by atoms with Gasteiger partial charge in [0, 0.05) is 24.6 Å². The van der Waals surface area contributed by atoms with Gasteiger partial charge in [-0.2, -0.15) is 4.98 Å². The summed E-state index contributed by atoms with van der Waals surface area (Å²) in [6, 6.07) is 16.1. The highest BCUT2D eigenvalue weighted by molar-refractivity contribution is 7.92. The van der Waals surface area contributed by atoms with Crippen molar-refractivity contribution in [3.05, 3.63) is 60.5 Å². The Kier molecular flexibility index (Phi) is 7.24. The molecule has 0 aliphatic rings. The quantitative estimate of drug-likeness (QED) is 0.511. The second kappa shape index (κ2) is 10.1. The maximum Gasteiger partial charge on any atom is 0.246 e. The fourth-order valence-electron chi connectivity index (χ4n) is 2.93. The van der Waals surface area contributed by atoms with Gasteiger partial charge in [-0.3, -0.25) is 9.10 Å². The van der Waals surface area contributed by atoms with E-state index in [0.29, 0.717) is 29.6 Å². The number of nitrogens with one attached hydrogen (secondary N) is 1. The second-order valence-corrected chi connectivity index (χ2v) is 8.70. The summed E-state index contributed by atoms with van der Waals surface area (Å²) in [4.78, 5) is 16.4. The fourth-order valence-corrected chi connectivity index (χ4v) is 3.89. The topological polar surface area (TPSA) is 115 Å². The van der Waals surface area contributed by atoms with Gasteiger partial charge in [0.15, 0.2) is 0 Å². The molecule has 0 unspecified atom stereocenters. The summed E-state index contributed by atoms with van der Waals surface area (Å²) in [6.45, 7) is 0.266. The molecule has 0 saturated carbocycles. The van der Waals surface area contributed by atoms with E-state index in [1.54, 1.807) is 24.3 Å². The summed E-state index contributed by atoms with van der Waals surface area (Å²) in [5.41, 5.74) is 1.31. The number of aromatic nitrogens is 2. The van der Waals surface area contributed by atoms with Gasteiger partial charge in [-0.05, 0) is 18.6 Å². The third-order valence-electron chi connectivity index (χ3n) is 4.44. The molecular formula is C21H24N4O5S. The minimum Gasteiger partial charge on any atom is -0.497 e. The average Bonchev–Trinajstić information content (AvgIpc) is 3.24. The molecule has 0 saturated heterocycles. The summed E-state index contributed by atoms with van der Waals surface area (Å²) in [6.07, 6.45) is 1.62. The first kappa shape index (κ1) is 22.3. The number of hydrogen-bond donors (Lipinski definition) is 1. The van der Waals surface area contributed by atoms with E-state index in [2.05, 4.69) is 15.5 Å². The average molecular weight is 445 g/mol. The van der Waals surface area contributed by atoms with Crippen molar-refractivity contribution in [2.45, 2.75) is 19.4 Å². The van der Waals surface area contributed by atoms with E-state index in [9.17, 15) is 13.2 Å². The smallest absolute Gasteiger partial charge is 0.246 e. The fraction of sp³-hybridized carbons (Fsp3) is 0.286. The van der Waals surface area contributed by atoms with Gasteiger partial charge in [0.25, 0.3) is 0 Å². The zero-order chi connectivity index (χ0) is 22.3. The molecule has 0 spiro atoms. The minimum atomic E-state index is -3.51. The van der Waals surface area contributed by atoms with Gasteiger partial charge in [-0.15, -0.1) is 0 Å². The highest BCUT2D eigenvalue weighted by Gasteiger charge is 2.18. The lowest BCUT2D eigenvalue weighted by Gasteiger charge is -2.22. The third-order valence-corrected chi connectivity index (χ3v) is 5.64. The van der Waals surface area contributed by atoms with Crippen molar-refractivity contribution in [1.29, 1.82) is 0 Å². The number of ether oxygens (including phenoxy) is 1. The highest BCUT2D eigenvalue weighted by Crippen LogP contribution is 2.23. The zero-order valence-electron chi connectivity index (χ0n) is 17.3. The minimum absolute atomic E-state index is 0.102. The van der Waals surface area contributed by atoms with E-state index >= 15 is 0 Å². The zero-order valence-corrected chi connectivity index (χ0v) is 18.1. The summed E-state index contributed by atoms with van der Waals surface area (Å²) in [7, 11) is -1.99. The molecule has 0 radical (unpaired) electrons. The van der Waals surface area contributed by atoms with E-state index in [1.807, 2.05) is 30.3 Å². The Morgan fingerprint density at radius 1 is 1.16 bits per heavy atom. The summed E-state index contributed by atoms with van der Waals surface area (Å²) in [5.74, 6) is 1.06. The molecule has 3 rings (SSSR count). The number of rotatable bonds is 10. The van der Waals surface area contributed by atoms with Crippen LogP contribution in [0.1, 0.15) is 18.7 Å². The molecule has 0 aliphatic carbocycles. The Hall–Kier alpha value is -3.40. The molecule has 1 aromatic heterocycles. The number of benzene rings is 2. The lowest BCUT2D eigenvalue weighted by Crippen LogP contribution is -2.32. The van der Waals surface area contributed by atoms with E-state index in [4.69, 9.17) is 9.26 Å². The monoisotopic (exact) mass is 444 g/mol. The first-order chi connectivity index (χ1) is 14.9. The standard InChI is InChI=1S/C21H24N4O5S/c1-29-18-11-6-10-17(14-18)25(31(2,27)28)13-7-12-19(26)22-15-20-23-21(24-30-20)16-8-4-3-5-9-16/h3-6,8-11,14H,7,12-13,15H2,1-2H3,(H,22,26). The molecule has 1 heterocycles. The van der Waals surface area contributed by atoms with E-state index in [0.717, 1.165) is 11.8 Å². The molecule has 0 atom stereocenters. The molecule has 0 bridgehead atoms. The van der Waals surface area contributed by atoms with Gasteiger partial charge in [0.1, 0.15) is 5.75 Å². The van der Waals surface area contributed by atoms with Crippen molar-refractivity contribution in [1.82, 2.24) is 15.5 Å². The first-order valence-electron chi connectivity index (χ1n) is 9.63. The van der Waals surface area contributed by atoms with Crippen LogP contribution in [0.4, 0.5) is 5.69 Å². The van der Waals surface area contributed by atoms with Gasteiger partial charge < -0.3 is 14.6 Å². The van der Waals surface area contributed by atoms with Crippen LogP contribution in [-0.4, -0.2) is 44.4 Å². The molecule has 3 aromatic rings. The molecule has 1 amide bonds. The van der Waals surface area contributed by atoms with Crippen molar-refractivity contribution >= 4 is 21.6 Å². The number of methoxy groups -OCH3 is 1. The Bertz CT molecular complexity index is 1120. The van der Waals surface area contributed by atoms with Crippen LogP contribution in [0, 0.1) is 0 Å². The van der Waals surface area contributed by atoms with Crippen LogP contribution in [0.5, 0.6) is 5.75 Å². The number of nitrogens with zero attached hydrogens (tertiary/aromatic N) is 3. The molecular weight excluding hydrogens is 420 g/mol. The maximum absolute atomic E-state index is 12.2. The van der Waals surface area contributed by atoms with Crippen molar-refractivity contribution in [2.24, 2.45) is 0 Å². The van der Waals surface area contributed by atoms with Crippen LogP contribution in [-0.2, 0) is 21.4 Å². The molecule has 1 N–H and O–H groups in total. The predicted molar refractivity (Wildman–Crippen MR) is 116 cm³/mol. The van der Waals surface area contributed by atoms with Gasteiger partial charge >= 0.3 is 0 Å². The van der Waals surface area contributed by atoms with E-state index < -0.39 is 10.0 Å². The molecule has 10 heteroatoms. The summed E-state index contributed by atoms with van der Waals surface area (Å²) < 4.78 is 36.0. The number of carbonyl (C=O) groups excluding carboxylic acids is 1. The molecule has 0 fully saturated rings. The van der Waals surface area contributed by atoms with Gasteiger partial charge in [0.05, 0.1) is 25.6 Å². The lowest BCUT2D eigenvalue weighted by molar-refractivity contribution is -0.121. The third kappa shape index (κ3) is 6.29. The van der Waals surface area contributed by atoms with Crippen LogP contribution < -0.4 is 14.4 Å². The largest absolute Gasteiger partial charge is 0.497 e. The van der Waals surface area contributed by atoms with Crippen molar-refractivity contribution in [3.8, 4) is 17.1 Å². The van der Waals surface area contributed by atoms with Crippen LogP contribution in [0.25, 0.3) is 11.4 Å². The number of amides is 1. The Morgan fingerprint density at radius 3 is 2.65 bits per heavy atom. The Morgan fingerprint density at radius 2 is 1.94 bits per heavy atom. The molecule has 31 heavy (non-hydrogen) atoms. The SMILES string of the molecule is COc1cccc(N(CCCC(=O)NCc2nc(-c3ccccc3)no2)S(C)(=O)=O)c1. The maximum atomic E-state index is 12.2. The molecule has 9 nitrogen and oxygen atoms in total. The number of carbonyl (C=O) groups is 1. The molecule has 0 aliphatic heterocycles. The highest BCUT2D eigenvalue weighted by atomic mass is 32.2. The number of anilines is 1. The van der Waals surface area contributed by atoms with Crippen LogP contribution in [0.3, 0.4) is 0 Å². The number of sulfonamides is 1. The second-order valence-electron chi connectivity index (χ2n) is 6.79. The normalized spacial score (nSPS) is 11.2. The Balaban J connectivity index is 1.51. The molecule has 2 aromatic carbocycles. The molecule has 164 valence electrons. The van der Waals surface area contributed by atoms with Crippen LogP contribution >= 0.6 is 0 Å². The van der Waals surface area contributed by atoms with E-state index in [1.165, 1.54) is 11.4 Å². The number of hydrogen-bond acceptors (Lipinski definition) is 7. The predicted octanol–water partition coefficient (Wildman–Crippen LogP) is 2.61. The lowest BCUT2D eigenvalue weighted by atomic mass is 10.2. The van der Waals surface area contributed by atoms with E-state index in [-0.39, 0.29) is 25.4 Å². The summed E-state index contributed by atoms with van der Waals surface area (Å²) in [5, 5.41) is 6.61. The van der Waals surface area contributed by atoms with Gasteiger partial charge in [-0.1, -0.05) is 41.6 Å². The van der Waals surface area contributed by atoms with Gasteiger partial charge in [-0.25, -0.2) is 8.42 Å². The summed E-state index contributed by atoms with van der Waals surface area (Å²) >= 11 is 0. The van der Waals surface area contributed by atoms with Crippen LogP contribution in [0.2, 0.25) is 0 Å². The van der Waals surface area contributed by atoms with Crippen LogP contribution in [0.15, 0.2) is 59.1 Å². The van der Waals surface area contributed by atoms with Gasteiger partial charge in [0.2, 0.25) is 27.6 Å². The Labute approximate surface area is 181 Å². The first-order valence-corrected chi connectivity index (χ1v) is 11.5. The van der Waals surface area contributed by atoms with Crippen molar-refractivity contribution in [3.63, 3.8) is 0 Å². The van der Waals surface area contributed by atoms with Crippen molar-refractivity contribution in [2.75, 3.05) is 24.2 Å². The van der Waals surface area contributed by atoms with Crippen molar-refractivity contribution < 1.29 is 22.5 Å².